The molecule has 2 N–H and O–H groups in total. The summed E-state index contributed by atoms with van der Waals surface area (Å²) in [7, 11) is 1.80. The number of aromatic nitrogens is 2. The van der Waals surface area contributed by atoms with Gasteiger partial charge in [0.2, 0.25) is 5.91 Å². The summed E-state index contributed by atoms with van der Waals surface area (Å²) in [6, 6.07) is 8.49. The highest BCUT2D eigenvalue weighted by atomic mass is 16.2. The van der Waals surface area contributed by atoms with E-state index in [1.54, 1.807) is 7.05 Å². The summed E-state index contributed by atoms with van der Waals surface area (Å²) in [5.41, 5.74) is 2.19. The van der Waals surface area contributed by atoms with Crippen molar-refractivity contribution >= 4 is 22.9 Å². The molecule has 1 amide bonds. The van der Waals surface area contributed by atoms with Crippen molar-refractivity contribution in [3.8, 4) is 0 Å². The lowest BCUT2D eigenvalue weighted by Gasteiger charge is -2.21. The second-order valence-corrected chi connectivity index (χ2v) is 8.19. The summed E-state index contributed by atoms with van der Waals surface area (Å²) >= 11 is 0. The predicted molar refractivity (Wildman–Crippen MR) is 116 cm³/mol. The van der Waals surface area contributed by atoms with Crippen molar-refractivity contribution in [2.75, 3.05) is 26.7 Å². The van der Waals surface area contributed by atoms with Crippen molar-refractivity contribution in [3.05, 3.63) is 30.1 Å². The number of hydrogen-bond donors (Lipinski definition) is 2. The Hall–Kier alpha value is -2.57. The number of hydrogen-bond acceptors (Lipinski definition) is 3. The summed E-state index contributed by atoms with van der Waals surface area (Å²) < 4.78 is 2.23. The second kappa shape index (κ2) is 8.84. The van der Waals surface area contributed by atoms with Crippen LogP contribution in [0.5, 0.6) is 0 Å². The van der Waals surface area contributed by atoms with Crippen molar-refractivity contribution in [1.82, 2.24) is 25.1 Å². The highest BCUT2D eigenvalue weighted by Gasteiger charge is 2.32. The van der Waals surface area contributed by atoms with E-state index in [2.05, 4.69) is 31.2 Å². The van der Waals surface area contributed by atoms with E-state index in [0.29, 0.717) is 5.91 Å². The summed E-state index contributed by atoms with van der Waals surface area (Å²) in [5.74, 6) is 2.44. The molecule has 29 heavy (non-hydrogen) atoms. The molecule has 7 nitrogen and oxygen atoms in total. The van der Waals surface area contributed by atoms with Gasteiger partial charge in [-0.25, -0.2) is 4.98 Å². The lowest BCUT2D eigenvalue weighted by Crippen LogP contribution is -2.46. The van der Waals surface area contributed by atoms with Gasteiger partial charge in [-0.3, -0.25) is 9.79 Å². The molecular formula is C22H32N6O. The van der Waals surface area contributed by atoms with Crippen LogP contribution in [0.25, 0.3) is 11.0 Å². The summed E-state index contributed by atoms with van der Waals surface area (Å²) in [5, 5.41) is 6.91. The molecule has 7 heteroatoms. The normalized spacial score (nSPS) is 20.6. The monoisotopic (exact) mass is 396 g/mol. The number of para-hydroxylation sites is 2. The van der Waals surface area contributed by atoms with E-state index in [1.165, 1.54) is 12.8 Å². The number of fused-ring (bicyclic) bond motifs is 1. The minimum Gasteiger partial charge on any atom is -0.355 e. The SMILES string of the molecule is CN=C(NCCn1c(C)nc2ccccc21)NC1CCN(C(=O)C2CCCC2)C1. The maximum absolute atomic E-state index is 12.6. The van der Waals surface area contributed by atoms with E-state index in [0.717, 1.165) is 68.3 Å². The standard InChI is InChI=1S/C22H32N6O/c1-16-25-19-9-5-6-10-20(19)28(16)14-12-24-22(23-2)26-18-11-13-27(15-18)21(29)17-7-3-4-8-17/h5-6,9-10,17-18H,3-4,7-8,11-15H2,1-2H3,(H2,23,24,26). The fourth-order valence-electron chi connectivity index (χ4n) is 4.66. The van der Waals surface area contributed by atoms with E-state index in [4.69, 9.17) is 0 Å². The summed E-state index contributed by atoms with van der Waals surface area (Å²) in [4.78, 5) is 23.7. The van der Waals surface area contributed by atoms with Gasteiger partial charge in [0.1, 0.15) is 5.82 Å². The van der Waals surface area contributed by atoms with Crippen LogP contribution in [0, 0.1) is 12.8 Å². The average Bonchev–Trinajstić information content (AvgIpc) is 3.47. The van der Waals surface area contributed by atoms with Gasteiger partial charge in [-0.2, -0.15) is 0 Å². The number of amides is 1. The van der Waals surface area contributed by atoms with Crippen LogP contribution < -0.4 is 10.6 Å². The van der Waals surface area contributed by atoms with Crippen molar-refractivity contribution < 1.29 is 4.79 Å². The number of carbonyl (C=O) groups is 1. The fourth-order valence-corrected chi connectivity index (χ4v) is 4.66. The highest BCUT2D eigenvalue weighted by molar-refractivity contribution is 5.81. The molecule has 2 heterocycles. The minimum atomic E-state index is 0.263. The van der Waals surface area contributed by atoms with Crippen molar-refractivity contribution in [1.29, 1.82) is 0 Å². The molecule has 1 saturated carbocycles. The topological polar surface area (TPSA) is 74.6 Å². The molecule has 0 radical (unpaired) electrons. The molecule has 2 aromatic rings. The number of aliphatic imine (C=N–C) groups is 1. The number of benzene rings is 1. The highest BCUT2D eigenvalue weighted by Crippen LogP contribution is 2.27. The zero-order chi connectivity index (χ0) is 20.2. The number of nitrogens with zero attached hydrogens (tertiary/aromatic N) is 4. The smallest absolute Gasteiger partial charge is 0.225 e. The van der Waals surface area contributed by atoms with Crippen molar-refractivity contribution in [2.24, 2.45) is 10.9 Å². The molecule has 1 saturated heterocycles. The van der Waals surface area contributed by atoms with E-state index in [1.807, 2.05) is 30.0 Å². The zero-order valence-electron chi connectivity index (χ0n) is 17.5. The Morgan fingerprint density at radius 1 is 1.24 bits per heavy atom. The van der Waals surface area contributed by atoms with Gasteiger partial charge < -0.3 is 20.1 Å². The third-order valence-electron chi connectivity index (χ3n) is 6.24. The van der Waals surface area contributed by atoms with Crippen LogP contribution in [-0.4, -0.2) is 59.0 Å². The first-order valence-electron chi connectivity index (χ1n) is 10.8. The lowest BCUT2D eigenvalue weighted by molar-refractivity contribution is -0.134. The number of nitrogens with one attached hydrogen (secondary N) is 2. The average molecular weight is 397 g/mol. The number of imidazole rings is 1. The van der Waals surface area contributed by atoms with Crippen LogP contribution >= 0.6 is 0 Å². The van der Waals surface area contributed by atoms with Crippen LogP contribution in [0.15, 0.2) is 29.3 Å². The van der Waals surface area contributed by atoms with Gasteiger partial charge in [-0.1, -0.05) is 25.0 Å². The fraction of sp³-hybridized carbons (Fsp3) is 0.591. The maximum Gasteiger partial charge on any atom is 0.225 e. The van der Waals surface area contributed by atoms with E-state index in [9.17, 15) is 4.79 Å². The molecule has 1 unspecified atom stereocenters. The number of guanidine groups is 1. The molecule has 0 spiro atoms. The Bertz CT molecular complexity index is 883. The van der Waals surface area contributed by atoms with Gasteiger partial charge in [-0.05, 0) is 38.3 Å². The molecule has 1 aliphatic heterocycles. The largest absolute Gasteiger partial charge is 0.355 e. The first-order valence-corrected chi connectivity index (χ1v) is 10.8. The lowest BCUT2D eigenvalue weighted by atomic mass is 10.1. The van der Waals surface area contributed by atoms with Crippen molar-refractivity contribution in [2.45, 2.75) is 51.6 Å². The molecule has 1 aliphatic carbocycles. The van der Waals surface area contributed by atoms with Gasteiger partial charge in [0.05, 0.1) is 11.0 Å². The second-order valence-electron chi connectivity index (χ2n) is 8.19. The Kier molecular flexibility index (Phi) is 6.02. The number of carbonyl (C=O) groups excluding carboxylic acids is 1. The molecule has 2 aliphatic rings. The van der Waals surface area contributed by atoms with E-state index >= 15 is 0 Å². The first-order chi connectivity index (χ1) is 14.2. The molecule has 1 atom stereocenters. The molecule has 156 valence electrons. The molecule has 1 aromatic carbocycles. The van der Waals surface area contributed by atoms with Gasteiger partial charge in [0.15, 0.2) is 5.96 Å². The van der Waals surface area contributed by atoms with E-state index < -0.39 is 0 Å². The van der Waals surface area contributed by atoms with Crippen LogP contribution in [0.3, 0.4) is 0 Å². The Labute approximate surface area is 172 Å². The van der Waals surface area contributed by atoms with E-state index in [-0.39, 0.29) is 12.0 Å². The molecule has 2 fully saturated rings. The van der Waals surface area contributed by atoms with Gasteiger partial charge in [0, 0.05) is 45.2 Å². The molecule has 0 bridgehead atoms. The number of likely N-dealkylation sites (tertiary alicyclic amines) is 1. The summed E-state index contributed by atoms with van der Waals surface area (Å²) in [6.45, 7) is 5.26. The minimum absolute atomic E-state index is 0.263. The van der Waals surface area contributed by atoms with Crippen LogP contribution in [0.4, 0.5) is 0 Å². The Balaban J connectivity index is 1.27. The third-order valence-corrected chi connectivity index (χ3v) is 6.24. The molecule has 1 aromatic heterocycles. The zero-order valence-corrected chi connectivity index (χ0v) is 17.5. The van der Waals surface area contributed by atoms with Gasteiger partial charge in [0.25, 0.3) is 0 Å². The maximum atomic E-state index is 12.6. The quantitative estimate of drug-likeness (QED) is 0.601. The third kappa shape index (κ3) is 4.38. The van der Waals surface area contributed by atoms with Crippen molar-refractivity contribution in [3.63, 3.8) is 0 Å². The Morgan fingerprint density at radius 2 is 2.03 bits per heavy atom. The molecule has 4 rings (SSSR count). The number of aryl methyl sites for hydroxylation is 1. The van der Waals surface area contributed by atoms with Gasteiger partial charge in [-0.15, -0.1) is 0 Å². The molecular weight excluding hydrogens is 364 g/mol. The van der Waals surface area contributed by atoms with Gasteiger partial charge >= 0.3 is 0 Å². The predicted octanol–water partition coefficient (Wildman–Crippen LogP) is 2.30. The number of rotatable bonds is 5. The van der Waals surface area contributed by atoms with Crippen LogP contribution in [0.2, 0.25) is 0 Å². The first kappa shape index (κ1) is 19.7. The van der Waals surface area contributed by atoms with Crippen LogP contribution in [0.1, 0.15) is 37.9 Å². The Morgan fingerprint density at radius 3 is 2.83 bits per heavy atom. The van der Waals surface area contributed by atoms with Crippen LogP contribution in [-0.2, 0) is 11.3 Å². The summed E-state index contributed by atoms with van der Waals surface area (Å²) in [6.07, 6.45) is 5.52.